The molecule has 2 aromatic carbocycles. The van der Waals surface area contributed by atoms with Crippen molar-refractivity contribution in [2.45, 2.75) is 12.6 Å². The number of benzene rings is 2. The zero-order valence-corrected chi connectivity index (χ0v) is 12.4. The standard InChI is InChI=1S/C17H21FN2O/c1-20(12-13-7-9-14(21-2)10-8-13)17(11-19)15-5-3-4-6-16(15)18/h3-10,17H,11-12,19H2,1-2H3. The number of hydrogen-bond donors (Lipinski definition) is 1. The van der Waals surface area contributed by atoms with Crippen LogP contribution in [0, 0.1) is 5.82 Å². The van der Waals surface area contributed by atoms with Gasteiger partial charge >= 0.3 is 0 Å². The van der Waals surface area contributed by atoms with Gasteiger partial charge in [0.05, 0.1) is 7.11 Å². The van der Waals surface area contributed by atoms with Crippen LogP contribution >= 0.6 is 0 Å². The van der Waals surface area contributed by atoms with Crippen LogP contribution < -0.4 is 10.5 Å². The Hall–Kier alpha value is -1.91. The zero-order chi connectivity index (χ0) is 15.2. The van der Waals surface area contributed by atoms with Crippen LogP contribution in [0.1, 0.15) is 17.2 Å². The molecule has 0 radical (unpaired) electrons. The molecule has 4 heteroatoms. The zero-order valence-electron chi connectivity index (χ0n) is 12.4. The minimum Gasteiger partial charge on any atom is -0.497 e. The van der Waals surface area contributed by atoms with Crippen molar-refractivity contribution in [2.75, 3.05) is 20.7 Å². The molecule has 3 nitrogen and oxygen atoms in total. The Bertz CT molecular complexity index is 571. The summed E-state index contributed by atoms with van der Waals surface area (Å²) in [5, 5.41) is 0. The largest absolute Gasteiger partial charge is 0.497 e. The Kier molecular flexibility index (Phi) is 5.31. The molecule has 2 N–H and O–H groups in total. The van der Waals surface area contributed by atoms with Crippen LogP contribution in [0.25, 0.3) is 0 Å². The van der Waals surface area contributed by atoms with Crippen LogP contribution in [-0.2, 0) is 6.54 Å². The monoisotopic (exact) mass is 288 g/mol. The number of halogens is 1. The van der Waals surface area contributed by atoms with Crippen LogP contribution in [-0.4, -0.2) is 25.6 Å². The molecule has 21 heavy (non-hydrogen) atoms. The summed E-state index contributed by atoms with van der Waals surface area (Å²) in [5.74, 6) is 0.611. The first-order valence-corrected chi connectivity index (χ1v) is 6.93. The van der Waals surface area contributed by atoms with Gasteiger partial charge in [-0.25, -0.2) is 4.39 Å². The lowest BCUT2D eigenvalue weighted by atomic mass is 10.0. The van der Waals surface area contributed by atoms with Gasteiger partial charge in [0.25, 0.3) is 0 Å². The minimum atomic E-state index is -0.213. The number of rotatable bonds is 6. The molecule has 0 aromatic heterocycles. The molecule has 0 amide bonds. The quantitative estimate of drug-likeness (QED) is 0.888. The molecule has 1 atom stereocenters. The molecule has 1 unspecified atom stereocenters. The second kappa shape index (κ2) is 7.20. The Balaban J connectivity index is 2.13. The third kappa shape index (κ3) is 3.80. The maximum atomic E-state index is 13.9. The van der Waals surface area contributed by atoms with E-state index in [-0.39, 0.29) is 11.9 Å². The number of likely N-dealkylation sites (N-methyl/N-ethyl adjacent to an activating group) is 1. The highest BCUT2D eigenvalue weighted by Crippen LogP contribution is 2.23. The Morgan fingerprint density at radius 1 is 1.14 bits per heavy atom. The average Bonchev–Trinajstić information content (AvgIpc) is 2.50. The van der Waals surface area contributed by atoms with Crippen LogP contribution in [0.4, 0.5) is 4.39 Å². The van der Waals surface area contributed by atoms with Gasteiger partial charge in [-0.15, -0.1) is 0 Å². The highest BCUT2D eigenvalue weighted by molar-refractivity contribution is 5.27. The summed E-state index contributed by atoms with van der Waals surface area (Å²) in [4.78, 5) is 2.06. The van der Waals surface area contributed by atoms with E-state index >= 15 is 0 Å². The van der Waals surface area contributed by atoms with Crippen molar-refractivity contribution in [3.05, 3.63) is 65.5 Å². The topological polar surface area (TPSA) is 38.5 Å². The third-order valence-electron chi connectivity index (χ3n) is 3.61. The van der Waals surface area contributed by atoms with E-state index in [1.165, 1.54) is 6.07 Å². The van der Waals surface area contributed by atoms with Crippen LogP contribution in [0.15, 0.2) is 48.5 Å². The van der Waals surface area contributed by atoms with E-state index < -0.39 is 0 Å². The van der Waals surface area contributed by atoms with Crippen LogP contribution in [0.3, 0.4) is 0 Å². The first-order chi connectivity index (χ1) is 10.2. The Labute approximate surface area is 125 Å². The number of nitrogens with zero attached hydrogens (tertiary/aromatic N) is 1. The first-order valence-electron chi connectivity index (χ1n) is 6.93. The molecular formula is C17H21FN2O. The van der Waals surface area contributed by atoms with Crippen LogP contribution in [0.2, 0.25) is 0 Å². The first kappa shape index (κ1) is 15.5. The summed E-state index contributed by atoms with van der Waals surface area (Å²) in [7, 11) is 3.60. The maximum Gasteiger partial charge on any atom is 0.128 e. The van der Waals surface area contributed by atoms with E-state index in [1.807, 2.05) is 37.4 Å². The predicted octanol–water partition coefficient (Wildman–Crippen LogP) is 2.97. The SMILES string of the molecule is COc1ccc(CN(C)C(CN)c2ccccc2F)cc1. The maximum absolute atomic E-state index is 13.9. The molecule has 0 aliphatic heterocycles. The van der Waals surface area contributed by atoms with Crippen molar-refractivity contribution >= 4 is 0 Å². The van der Waals surface area contributed by atoms with Gasteiger partial charge in [-0.2, -0.15) is 0 Å². The lowest BCUT2D eigenvalue weighted by Gasteiger charge is -2.27. The average molecular weight is 288 g/mol. The number of nitrogens with two attached hydrogens (primary N) is 1. The molecule has 0 fully saturated rings. The van der Waals surface area contributed by atoms with Crippen molar-refractivity contribution in [2.24, 2.45) is 5.73 Å². The molecule has 0 aliphatic carbocycles. The smallest absolute Gasteiger partial charge is 0.128 e. The van der Waals surface area contributed by atoms with Crippen molar-refractivity contribution < 1.29 is 9.13 Å². The van der Waals surface area contributed by atoms with E-state index in [4.69, 9.17) is 10.5 Å². The van der Waals surface area contributed by atoms with Gasteiger partial charge in [-0.3, -0.25) is 4.90 Å². The molecule has 0 spiro atoms. The van der Waals surface area contributed by atoms with Gasteiger partial charge in [-0.05, 0) is 30.8 Å². The number of ether oxygens (including phenoxy) is 1. The number of methoxy groups -OCH3 is 1. The van der Waals surface area contributed by atoms with E-state index in [9.17, 15) is 4.39 Å². The van der Waals surface area contributed by atoms with Crippen LogP contribution in [0.5, 0.6) is 5.75 Å². The molecule has 0 saturated carbocycles. The highest BCUT2D eigenvalue weighted by atomic mass is 19.1. The summed E-state index contributed by atoms with van der Waals surface area (Å²) < 4.78 is 19.1. The summed E-state index contributed by atoms with van der Waals surface area (Å²) in [6.07, 6.45) is 0. The van der Waals surface area contributed by atoms with Gasteiger partial charge in [0.1, 0.15) is 11.6 Å². The van der Waals surface area contributed by atoms with E-state index in [0.29, 0.717) is 18.7 Å². The van der Waals surface area contributed by atoms with Crippen molar-refractivity contribution in [3.63, 3.8) is 0 Å². The molecule has 2 rings (SSSR count). The van der Waals surface area contributed by atoms with Crippen molar-refractivity contribution in [1.82, 2.24) is 4.90 Å². The minimum absolute atomic E-state index is 0.145. The van der Waals surface area contributed by atoms with Crippen molar-refractivity contribution in [1.29, 1.82) is 0 Å². The van der Waals surface area contributed by atoms with Gasteiger partial charge in [0.15, 0.2) is 0 Å². The fourth-order valence-electron chi connectivity index (χ4n) is 2.42. The predicted molar refractivity (Wildman–Crippen MR) is 82.7 cm³/mol. The normalized spacial score (nSPS) is 12.4. The van der Waals surface area contributed by atoms with Gasteiger partial charge in [-0.1, -0.05) is 30.3 Å². The highest BCUT2D eigenvalue weighted by Gasteiger charge is 2.18. The van der Waals surface area contributed by atoms with Crippen molar-refractivity contribution in [3.8, 4) is 5.75 Å². The molecule has 0 saturated heterocycles. The fourth-order valence-corrected chi connectivity index (χ4v) is 2.42. The molecule has 2 aromatic rings. The summed E-state index contributed by atoms with van der Waals surface area (Å²) in [5.41, 5.74) is 7.61. The Morgan fingerprint density at radius 3 is 2.38 bits per heavy atom. The molecule has 0 aliphatic rings. The van der Waals surface area contributed by atoms with E-state index in [1.54, 1.807) is 19.2 Å². The summed E-state index contributed by atoms with van der Waals surface area (Å²) in [6, 6.07) is 14.5. The number of hydrogen-bond acceptors (Lipinski definition) is 3. The fraction of sp³-hybridized carbons (Fsp3) is 0.294. The van der Waals surface area contributed by atoms with E-state index in [2.05, 4.69) is 4.90 Å². The molecule has 112 valence electrons. The Morgan fingerprint density at radius 2 is 1.81 bits per heavy atom. The summed E-state index contributed by atoms with van der Waals surface area (Å²) >= 11 is 0. The second-order valence-electron chi connectivity index (χ2n) is 5.04. The summed E-state index contributed by atoms with van der Waals surface area (Å²) in [6.45, 7) is 1.06. The molecular weight excluding hydrogens is 267 g/mol. The van der Waals surface area contributed by atoms with E-state index in [0.717, 1.165) is 11.3 Å². The lowest BCUT2D eigenvalue weighted by Crippen LogP contribution is -2.30. The lowest BCUT2D eigenvalue weighted by molar-refractivity contribution is 0.236. The second-order valence-corrected chi connectivity index (χ2v) is 5.04. The van der Waals surface area contributed by atoms with Gasteiger partial charge in [0, 0.05) is 24.7 Å². The third-order valence-corrected chi connectivity index (χ3v) is 3.61. The molecule has 0 heterocycles. The van der Waals surface area contributed by atoms with Gasteiger partial charge < -0.3 is 10.5 Å². The molecule has 0 bridgehead atoms. The van der Waals surface area contributed by atoms with Gasteiger partial charge in [0.2, 0.25) is 0 Å².